The molecule has 0 saturated carbocycles. The fourth-order valence-corrected chi connectivity index (χ4v) is 13.8. The number of ether oxygens (including phenoxy) is 2. The fourth-order valence-electron chi connectivity index (χ4n) is 13.2. The third kappa shape index (κ3) is 19.4. The Bertz CT molecular complexity index is 4010. The van der Waals surface area contributed by atoms with Crippen LogP contribution in [0.4, 0.5) is 21.0 Å². The summed E-state index contributed by atoms with van der Waals surface area (Å²) in [5, 5.41) is 44.2. The molecule has 0 bridgehead atoms. The van der Waals surface area contributed by atoms with Crippen molar-refractivity contribution in [2.75, 3.05) is 13.1 Å². The number of non-ortho nitro benzene ring substituents is 2. The Hall–Kier alpha value is -10.9. The Labute approximate surface area is 600 Å². The van der Waals surface area contributed by atoms with Gasteiger partial charge < -0.3 is 61.8 Å². The van der Waals surface area contributed by atoms with Crippen LogP contribution in [0.5, 0.6) is 0 Å². The van der Waals surface area contributed by atoms with Crippen molar-refractivity contribution in [3.05, 3.63) is 180 Å². The van der Waals surface area contributed by atoms with Crippen molar-refractivity contribution in [1.29, 1.82) is 0 Å². The first kappa shape index (κ1) is 77.3. The second kappa shape index (κ2) is 32.6. The summed E-state index contributed by atoms with van der Waals surface area (Å²) in [5.74, 6) is -6.36. The van der Waals surface area contributed by atoms with Crippen molar-refractivity contribution >= 4 is 80.9 Å². The highest BCUT2D eigenvalue weighted by atomic mass is 32.2. The quantitative estimate of drug-likeness (QED) is 0.0199. The molecule has 9 rings (SSSR count). The molecule has 2 aliphatic carbocycles. The maximum Gasteiger partial charge on any atom is 0.408 e. The number of amides is 10. The number of hydrogen-bond acceptors (Lipinski definition) is 18. The van der Waals surface area contributed by atoms with E-state index in [-0.39, 0.29) is 50.5 Å². The molecule has 2 aliphatic heterocycles. The standard InChI is InChI=1S/C72H86N12O19S/c1-40(73-69(93)102-38-42-23-27-50(28-24-42)83(95)96)61(85)79-59(71(3,4)5)67(91)81-36-48(34-57(81)65(89)77-55-21-13-17-44-15-9-11-19-53(44)55)75-63(87)46-31-47(33-52(32-46)104(99,100)101)64(88)76-49-35-58(66(90)78-56-22-14-18-45-16-10-12-20-54(45)56)82(37-49)68(92)60(72(6,7)8)80-62(86)41(2)74-70(94)103-39-43-25-29-51(30-26-43)84(97)98/h9-12,15-16,19-20,23-33,40-41,48-49,55-60H,13-14,17-18,21-22,34-39H2,1-8H3,(H,73,93)(H,74,94)(H,75,87)(H,76,88)(H,77,89)(H,78,90)(H,79,85)(H,80,86)(H,99,100,101)/t40-,41-,48-,49-,55+,56+,57-,58-,59+,60?/m0/s1. The number of nitrogens with one attached hydrogen (secondary N) is 8. The number of nitro groups is 2. The lowest BCUT2D eigenvalue weighted by atomic mass is 9.85. The first-order valence-electron chi connectivity index (χ1n) is 34.1. The lowest BCUT2D eigenvalue weighted by molar-refractivity contribution is -0.385. The third-order valence-corrected chi connectivity index (χ3v) is 19.7. The van der Waals surface area contributed by atoms with Gasteiger partial charge in [-0.3, -0.25) is 63.1 Å². The minimum Gasteiger partial charge on any atom is -0.445 e. The second-order valence-corrected chi connectivity index (χ2v) is 30.1. The molecule has 10 atom stereocenters. The number of fused-ring (bicyclic) bond motifs is 2. The van der Waals surface area contributed by atoms with Gasteiger partial charge in [0.15, 0.2) is 0 Å². The predicted molar refractivity (Wildman–Crippen MR) is 374 cm³/mol. The second-order valence-electron chi connectivity index (χ2n) is 28.7. The van der Waals surface area contributed by atoms with Crippen LogP contribution in [0.15, 0.2) is 120 Å². The number of hydrogen-bond donors (Lipinski definition) is 9. The molecule has 2 fully saturated rings. The maximum absolute atomic E-state index is 15.2. The lowest BCUT2D eigenvalue weighted by Crippen LogP contribution is -2.60. The average molecular weight is 1460 g/mol. The zero-order valence-corrected chi connectivity index (χ0v) is 59.5. The normalized spacial score (nSPS) is 19.7. The lowest BCUT2D eigenvalue weighted by Gasteiger charge is -2.36. The van der Waals surface area contributed by atoms with Crippen LogP contribution in [0.25, 0.3) is 0 Å². The van der Waals surface area contributed by atoms with Gasteiger partial charge >= 0.3 is 12.2 Å². The number of benzene rings is 5. The molecule has 32 heteroatoms. The van der Waals surface area contributed by atoms with Crippen molar-refractivity contribution in [2.24, 2.45) is 10.8 Å². The van der Waals surface area contributed by atoms with E-state index in [9.17, 15) is 71.6 Å². The molecule has 9 N–H and O–H groups in total. The van der Waals surface area contributed by atoms with E-state index in [1.54, 1.807) is 41.5 Å². The highest BCUT2D eigenvalue weighted by Gasteiger charge is 2.49. The molecule has 4 aliphatic rings. The predicted octanol–water partition coefficient (Wildman–Crippen LogP) is 6.23. The van der Waals surface area contributed by atoms with Gasteiger partial charge in [-0.25, -0.2) is 9.59 Å². The number of nitrogens with zero attached hydrogens (tertiary/aromatic N) is 4. The van der Waals surface area contributed by atoms with Gasteiger partial charge in [-0.15, -0.1) is 0 Å². The number of alkyl carbamates (subject to hydrolysis) is 2. The van der Waals surface area contributed by atoms with Crippen molar-refractivity contribution in [3.63, 3.8) is 0 Å². The van der Waals surface area contributed by atoms with E-state index in [0.29, 0.717) is 24.0 Å². The molecule has 0 radical (unpaired) electrons. The Balaban J connectivity index is 0.930. The molecule has 2 heterocycles. The zero-order chi connectivity index (χ0) is 75.7. The molecule has 2 saturated heterocycles. The molecule has 0 spiro atoms. The van der Waals surface area contributed by atoms with E-state index in [2.05, 4.69) is 42.5 Å². The van der Waals surface area contributed by atoms with Gasteiger partial charge in [0.05, 0.1) is 26.8 Å². The third-order valence-electron chi connectivity index (χ3n) is 18.8. The maximum atomic E-state index is 15.2. The Morgan fingerprint density at radius 3 is 1.25 bits per heavy atom. The van der Waals surface area contributed by atoms with Gasteiger partial charge in [-0.05, 0) is 152 Å². The highest BCUT2D eigenvalue weighted by Crippen LogP contribution is 2.35. The molecular weight excluding hydrogens is 1370 g/mol. The fraction of sp³-hybridized carbons (Fsp3) is 0.444. The van der Waals surface area contributed by atoms with Gasteiger partial charge in [-0.1, -0.05) is 90.1 Å². The summed E-state index contributed by atoms with van der Waals surface area (Å²) in [6.07, 6.45) is 1.64. The van der Waals surface area contributed by atoms with Gasteiger partial charge in [0.2, 0.25) is 35.4 Å². The first-order valence-corrected chi connectivity index (χ1v) is 35.5. The number of rotatable bonds is 23. The van der Waals surface area contributed by atoms with Crippen LogP contribution in [-0.2, 0) is 74.4 Å². The summed E-state index contributed by atoms with van der Waals surface area (Å²) in [6.45, 7) is 11.3. The number of likely N-dealkylation sites (tertiary alicyclic amines) is 2. The summed E-state index contributed by atoms with van der Waals surface area (Å²) in [5.41, 5.74) is 1.20. The molecule has 554 valence electrons. The number of nitro benzene ring substituents is 2. The molecule has 104 heavy (non-hydrogen) atoms. The number of aryl methyl sites for hydroxylation is 2. The van der Waals surface area contributed by atoms with Crippen LogP contribution < -0.4 is 42.5 Å². The van der Waals surface area contributed by atoms with Gasteiger partial charge in [0.25, 0.3) is 33.3 Å². The first-order chi connectivity index (χ1) is 49.0. The monoisotopic (exact) mass is 1450 g/mol. The molecule has 1 unspecified atom stereocenters. The SMILES string of the molecule is C[C@H](NC(=O)OCc1ccc([N+](=O)[O-])cc1)C(=O)NC(C(=O)N1C[C@@H](NC(=O)c2cc(C(=O)N[C@H]3C[C@@H](C(=O)N[C@@H]4CCCc5ccccc54)N(C(=O)[C@@H](NC(=O)[C@H](C)NC(=O)OCc4ccc([N+](=O)[O-])cc4)C(C)(C)C)C3)cc(S(=O)(=O)O)c2)C[C@H]1C(=O)N[C@@H]1CCCc2ccccc21)C(C)(C)C. The van der Waals surface area contributed by atoms with Crippen molar-refractivity contribution in [2.45, 2.75) is 185 Å². The summed E-state index contributed by atoms with van der Waals surface area (Å²) in [7, 11) is -5.19. The van der Waals surface area contributed by atoms with Crippen LogP contribution in [-0.4, -0.2) is 153 Å². The summed E-state index contributed by atoms with van der Waals surface area (Å²) in [6, 6.07) is 17.3. The summed E-state index contributed by atoms with van der Waals surface area (Å²) < 4.78 is 47.1. The Morgan fingerprint density at radius 1 is 0.538 bits per heavy atom. The minimum atomic E-state index is -5.19. The van der Waals surface area contributed by atoms with Crippen LogP contribution in [0.1, 0.15) is 160 Å². The number of carbonyl (C=O) groups is 10. The molecule has 31 nitrogen and oxygen atoms in total. The summed E-state index contributed by atoms with van der Waals surface area (Å²) in [4.78, 5) is 165. The van der Waals surface area contributed by atoms with E-state index in [1.807, 2.05) is 48.5 Å². The van der Waals surface area contributed by atoms with Crippen molar-refractivity contribution in [3.8, 4) is 0 Å². The van der Waals surface area contributed by atoms with Crippen molar-refractivity contribution in [1.82, 2.24) is 52.3 Å². The molecule has 5 aromatic rings. The molecule has 0 aromatic heterocycles. The van der Waals surface area contributed by atoms with E-state index in [4.69, 9.17) is 9.47 Å². The van der Waals surface area contributed by atoms with E-state index >= 15 is 9.59 Å². The average Bonchev–Trinajstić information content (AvgIpc) is 1.73. The molecule has 10 amide bonds. The Morgan fingerprint density at radius 2 is 0.904 bits per heavy atom. The topological polar surface area (TPSA) is 433 Å². The van der Waals surface area contributed by atoms with Crippen LogP contribution in [0, 0.1) is 31.1 Å². The van der Waals surface area contributed by atoms with Gasteiger partial charge in [-0.2, -0.15) is 8.42 Å². The smallest absolute Gasteiger partial charge is 0.408 e. The van der Waals surface area contributed by atoms with E-state index in [1.165, 1.54) is 72.2 Å². The van der Waals surface area contributed by atoms with Gasteiger partial charge in [0.1, 0.15) is 49.5 Å². The van der Waals surface area contributed by atoms with Crippen LogP contribution in [0.3, 0.4) is 0 Å². The van der Waals surface area contributed by atoms with Gasteiger partial charge in [0, 0.05) is 60.6 Å². The Kier molecular flexibility index (Phi) is 24.2. The zero-order valence-electron chi connectivity index (χ0n) is 58.7. The molecule has 5 aromatic carbocycles. The van der Waals surface area contributed by atoms with Crippen molar-refractivity contribution < 1.29 is 80.2 Å². The highest BCUT2D eigenvalue weighted by molar-refractivity contribution is 7.85. The molecular formula is C72H86N12O19S. The minimum absolute atomic E-state index is 0.174. The van der Waals surface area contributed by atoms with E-state index < -0.39 is 167 Å². The van der Waals surface area contributed by atoms with E-state index in [0.717, 1.165) is 66.1 Å². The summed E-state index contributed by atoms with van der Waals surface area (Å²) >= 11 is 0. The van der Waals surface area contributed by atoms with Crippen LogP contribution >= 0.6 is 0 Å². The number of carbonyl (C=O) groups excluding carboxylic acids is 10. The van der Waals surface area contributed by atoms with Crippen LogP contribution in [0.2, 0.25) is 0 Å². The largest absolute Gasteiger partial charge is 0.445 e.